The van der Waals surface area contributed by atoms with Gasteiger partial charge in [-0.25, -0.2) is 0 Å². The van der Waals surface area contributed by atoms with Crippen LogP contribution in [0.25, 0.3) is 5.32 Å². The summed E-state index contributed by atoms with van der Waals surface area (Å²) in [4.78, 5) is 36.9. The van der Waals surface area contributed by atoms with Crippen molar-refractivity contribution in [1.29, 1.82) is 0 Å². The van der Waals surface area contributed by atoms with Crippen molar-refractivity contribution in [2.45, 2.75) is 26.3 Å². The first-order valence-electron chi connectivity index (χ1n) is 7.63. The van der Waals surface area contributed by atoms with Crippen LogP contribution in [0, 0.1) is 0 Å². The maximum absolute atomic E-state index is 12.0. The van der Waals surface area contributed by atoms with Crippen molar-refractivity contribution in [3.63, 3.8) is 0 Å². The van der Waals surface area contributed by atoms with Crippen LogP contribution < -0.4 is 35.0 Å². The predicted octanol–water partition coefficient (Wildman–Crippen LogP) is -0.759. The Morgan fingerprint density at radius 2 is 1.92 bits per heavy atom. The fourth-order valence-electron chi connectivity index (χ4n) is 2.12. The maximum atomic E-state index is 12.0. The number of phenolic OH excluding ortho intramolecular Hbond substituents is 1. The molecule has 0 radical (unpaired) electrons. The number of benzene rings is 1. The Bertz CT molecular complexity index is 841. The Hall–Kier alpha value is -2.23. The smallest absolute Gasteiger partial charge is 0.650 e. The van der Waals surface area contributed by atoms with Crippen molar-refractivity contribution in [1.82, 2.24) is 4.90 Å². The van der Waals surface area contributed by atoms with Crippen LogP contribution >= 0.6 is 0 Å². The third-order valence-corrected chi connectivity index (χ3v) is 3.77. The second kappa shape index (κ2) is 8.23. The van der Waals surface area contributed by atoms with Crippen molar-refractivity contribution in [2.24, 2.45) is 0 Å². The van der Waals surface area contributed by atoms with Gasteiger partial charge in [-0.3, -0.25) is 14.4 Å². The molecular weight excluding hydrogens is 317 g/mol. The van der Waals surface area contributed by atoms with E-state index < -0.39 is 10.9 Å². The summed E-state index contributed by atoms with van der Waals surface area (Å²) >= 11 is 0. The summed E-state index contributed by atoms with van der Waals surface area (Å²) in [5, 5.41) is 17.3. The molecule has 0 aliphatic carbocycles. The Balaban J connectivity index is 0.00000312. The molecule has 2 aromatic carbocycles. The minimum Gasteiger partial charge on any atom is -0.650 e. The van der Waals surface area contributed by atoms with Crippen molar-refractivity contribution in [3.05, 3.63) is 49.5 Å². The van der Waals surface area contributed by atoms with Crippen LogP contribution in [-0.2, 0) is 0 Å². The minimum absolute atomic E-state index is 0. The summed E-state index contributed by atoms with van der Waals surface area (Å²) in [6, 6.07) is 4.52. The minimum atomic E-state index is -0.704. The molecule has 0 saturated heterocycles. The molecule has 0 aliphatic heterocycles. The first-order valence-corrected chi connectivity index (χ1v) is 7.63. The number of para-hydroxylation sites is 1. The summed E-state index contributed by atoms with van der Waals surface area (Å²) in [7, 11) is 3.13. The van der Waals surface area contributed by atoms with Crippen molar-refractivity contribution < 1.29 is 28.8 Å². The van der Waals surface area contributed by atoms with Crippen molar-refractivity contribution in [2.75, 3.05) is 19.4 Å². The molecule has 2 aromatic rings. The van der Waals surface area contributed by atoms with Gasteiger partial charge < -0.3 is 20.6 Å². The van der Waals surface area contributed by atoms with E-state index in [0.29, 0.717) is 0 Å². The second-order valence-electron chi connectivity index (χ2n) is 5.82. The fraction of sp³-hybridized carbons (Fsp3) is 0.353. The number of amides is 1. The number of hydrogen-bond donors (Lipinski definition) is 2. The largest absolute Gasteiger partial charge is 1.00 e. The summed E-state index contributed by atoms with van der Waals surface area (Å²) in [6.07, 6.45) is 0.774. The van der Waals surface area contributed by atoms with E-state index in [0.717, 1.165) is 6.42 Å². The number of nitrogens with zero attached hydrogens (tertiary/aromatic N) is 2. The monoisotopic (exact) mass is 337 g/mol. The van der Waals surface area contributed by atoms with Gasteiger partial charge in [-0.15, -0.1) is 0 Å². The molecule has 8 heteroatoms. The predicted molar refractivity (Wildman–Crippen MR) is 93.5 cm³/mol. The quantitative estimate of drug-likeness (QED) is 0.533. The second-order valence-corrected chi connectivity index (χ2v) is 5.82. The molecule has 0 unspecified atom stereocenters. The first-order chi connectivity index (χ1) is 11.3. The van der Waals surface area contributed by atoms with Crippen LogP contribution in [0.1, 0.15) is 30.6 Å². The van der Waals surface area contributed by atoms with Crippen LogP contribution in [0.5, 0.6) is 5.75 Å². The molecule has 1 amide bonds. The summed E-state index contributed by atoms with van der Waals surface area (Å²) < 4.78 is 0. The molecule has 0 saturated carbocycles. The van der Waals surface area contributed by atoms with Crippen LogP contribution in [0.15, 0.2) is 27.8 Å². The average molecular weight is 337 g/mol. The van der Waals surface area contributed by atoms with Gasteiger partial charge in [0, 0.05) is 20.1 Å². The Morgan fingerprint density at radius 3 is 2.48 bits per heavy atom. The van der Waals surface area contributed by atoms with Gasteiger partial charge in [-0.2, -0.15) is 0 Å². The molecule has 128 valence electrons. The van der Waals surface area contributed by atoms with Crippen LogP contribution in [0.3, 0.4) is 0 Å². The third kappa shape index (κ3) is 4.06. The van der Waals surface area contributed by atoms with E-state index in [2.05, 4.69) is 10.6 Å². The maximum Gasteiger partial charge on any atom is 1.00 e. The SMILES string of the molecule is CC[C@H](C)Nc1c([N-]c2cccc(C(=O)N(C)C)c2O)c(=O)c1=O.[Li+]. The summed E-state index contributed by atoms with van der Waals surface area (Å²) in [6.45, 7) is 3.83. The summed E-state index contributed by atoms with van der Waals surface area (Å²) in [5.74, 6) is -0.703. The van der Waals surface area contributed by atoms with Gasteiger partial charge in [0.25, 0.3) is 5.91 Å². The topological polar surface area (TPSA) is 101 Å². The van der Waals surface area contributed by atoms with E-state index in [4.69, 9.17) is 0 Å². The van der Waals surface area contributed by atoms with E-state index in [9.17, 15) is 19.5 Å². The first kappa shape index (κ1) is 20.8. The van der Waals surface area contributed by atoms with Crippen LogP contribution in [-0.4, -0.2) is 36.1 Å². The van der Waals surface area contributed by atoms with Gasteiger partial charge in [-0.1, -0.05) is 30.4 Å². The van der Waals surface area contributed by atoms with Gasteiger partial charge in [0.15, 0.2) is 0 Å². The van der Waals surface area contributed by atoms with Crippen molar-refractivity contribution >= 4 is 23.0 Å². The normalized spacial score (nSPS) is 11.5. The van der Waals surface area contributed by atoms with Gasteiger partial charge >= 0.3 is 18.9 Å². The zero-order valence-corrected chi connectivity index (χ0v) is 15.1. The number of nitrogens with one attached hydrogen (secondary N) is 1. The number of carbonyl (C=O) groups is 1. The average Bonchev–Trinajstić information content (AvgIpc) is 2.57. The number of phenols is 1. The number of carbonyl (C=O) groups excluding carboxylic acids is 1. The Kier molecular flexibility index (Phi) is 6.85. The molecule has 0 aromatic heterocycles. The molecule has 0 aliphatic rings. The van der Waals surface area contributed by atoms with E-state index in [1.54, 1.807) is 20.2 Å². The van der Waals surface area contributed by atoms with E-state index in [1.807, 2.05) is 13.8 Å². The van der Waals surface area contributed by atoms with Gasteiger partial charge in [0.05, 0.1) is 11.3 Å². The molecule has 2 N–H and O–H groups in total. The molecule has 0 heterocycles. The molecule has 0 fully saturated rings. The standard InChI is InChI=1S/C17H21N3O4.Li/c1-5-9(2)18-12-13(16(23)15(12)22)19-11-8-6-7-10(14(11)21)17(24)20(3)4;/h6-9H,5H2,1-4H3,(H3,18,19,21,22,23,24);/q;+1/p-1/t9-;/m0./s1. The number of anilines is 1. The zero-order valence-electron chi connectivity index (χ0n) is 15.1. The number of aromatic hydroxyl groups is 1. The van der Waals surface area contributed by atoms with Crippen LogP contribution in [0.2, 0.25) is 0 Å². The summed E-state index contributed by atoms with van der Waals surface area (Å²) in [5.41, 5.74) is -1.04. The zero-order chi connectivity index (χ0) is 18.0. The number of rotatable bonds is 6. The molecule has 0 bridgehead atoms. The third-order valence-electron chi connectivity index (χ3n) is 3.77. The molecule has 0 spiro atoms. The van der Waals surface area contributed by atoms with Gasteiger partial charge in [0.1, 0.15) is 5.75 Å². The van der Waals surface area contributed by atoms with Crippen LogP contribution in [0.4, 0.5) is 17.1 Å². The van der Waals surface area contributed by atoms with E-state index >= 15 is 0 Å². The van der Waals surface area contributed by atoms with Gasteiger partial charge in [-0.05, 0) is 19.4 Å². The Labute approximate surface area is 157 Å². The number of hydrogen-bond acceptors (Lipinski definition) is 5. The molecule has 25 heavy (non-hydrogen) atoms. The molecule has 1 atom stereocenters. The Morgan fingerprint density at radius 1 is 1.28 bits per heavy atom. The molecule has 2 rings (SSSR count). The molecular formula is C17H20LiN3O4. The van der Waals surface area contributed by atoms with E-state index in [1.165, 1.54) is 17.0 Å². The fourth-order valence-corrected chi connectivity index (χ4v) is 2.12. The van der Waals surface area contributed by atoms with Crippen molar-refractivity contribution in [3.8, 4) is 5.75 Å². The van der Waals surface area contributed by atoms with Gasteiger partial charge in [0.2, 0.25) is 10.9 Å². The molecule has 7 nitrogen and oxygen atoms in total. The van der Waals surface area contributed by atoms with E-state index in [-0.39, 0.29) is 59.2 Å².